The molecule has 2 rings (SSSR count). The van der Waals surface area contributed by atoms with Crippen LogP contribution < -0.4 is 0 Å². The molecule has 0 saturated heterocycles. The Labute approximate surface area is 117 Å². The van der Waals surface area contributed by atoms with E-state index in [1.807, 2.05) is 19.1 Å². The van der Waals surface area contributed by atoms with Crippen molar-refractivity contribution in [3.8, 4) is 0 Å². The molecular formula is C16H14ClFO. The molecule has 0 fully saturated rings. The van der Waals surface area contributed by atoms with E-state index in [9.17, 15) is 9.18 Å². The molecule has 0 N–H and O–H groups in total. The molecule has 0 saturated carbocycles. The maximum absolute atomic E-state index is 13.0. The van der Waals surface area contributed by atoms with E-state index < -0.39 is 0 Å². The van der Waals surface area contributed by atoms with Gasteiger partial charge in [0.05, 0.1) is 0 Å². The van der Waals surface area contributed by atoms with E-state index in [-0.39, 0.29) is 18.0 Å². The number of ketones is 1. The third-order valence-corrected chi connectivity index (χ3v) is 3.24. The second-order valence-electron chi connectivity index (χ2n) is 4.69. The van der Waals surface area contributed by atoms with Crippen molar-refractivity contribution < 1.29 is 9.18 Å². The Morgan fingerprint density at radius 1 is 1.16 bits per heavy atom. The zero-order chi connectivity index (χ0) is 14.0. The van der Waals surface area contributed by atoms with Crippen molar-refractivity contribution in [3.63, 3.8) is 0 Å². The Hall–Kier alpha value is -1.67. The minimum Gasteiger partial charge on any atom is -0.294 e. The molecule has 0 spiro atoms. The molecule has 0 aliphatic carbocycles. The first kappa shape index (κ1) is 13.8. The van der Waals surface area contributed by atoms with E-state index >= 15 is 0 Å². The molecule has 98 valence electrons. The topological polar surface area (TPSA) is 17.1 Å². The predicted octanol–water partition coefficient (Wildman–Crippen LogP) is 4.52. The van der Waals surface area contributed by atoms with Gasteiger partial charge in [0.1, 0.15) is 5.82 Å². The first-order chi connectivity index (χ1) is 8.95. The quantitative estimate of drug-likeness (QED) is 0.753. The van der Waals surface area contributed by atoms with Gasteiger partial charge in [-0.15, -0.1) is 0 Å². The Bertz CT molecular complexity index is 614. The predicted molar refractivity (Wildman–Crippen MR) is 75.4 cm³/mol. The molecule has 3 heteroatoms. The van der Waals surface area contributed by atoms with Crippen molar-refractivity contribution in [3.05, 3.63) is 69.5 Å². The highest BCUT2D eigenvalue weighted by Crippen LogP contribution is 2.18. The fourth-order valence-corrected chi connectivity index (χ4v) is 2.32. The van der Waals surface area contributed by atoms with Crippen molar-refractivity contribution in [1.29, 1.82) is 0 Å². The number of halogens is 2. The highest BCUT2D eigenvalue weighted by Gasteiger charge is 2.10. The number of rotatable bonds is 3. The first-order valence-corrected chi connectivity index (χ1v) is 6.39. The van der Waals surface area contributed by atoms with Crippen LogP contribution in [0, 0.1) is 19.7 Å². The summed E-state index contributed by atoms with van der Waals surface area (Å²) in [6.07, 6.45) is 0.256. The van der Waals surface area contributed by atoms with Crippen LogP contribution in [0.4, 0.5) is 4.39 Å². The third-order valence-electron chi connectivity index (χ3n) is 3.02. The van der Waals surface area contributed by atoms with Gasteiger partial charge in [0, 0.05) is 17.0 Å². The van der Waals surface area contributed by atoms with E-state index in [2.05, 4.69) is 0 Å². The molecule has 0 heterocycles. The second kappa shape index (κ2) is 5.54. The lowest BCUT2D eigenvalue weighted by Gasteiger charge is -2.06. The van der Waals surface area contributed by atoms with Crippen LogP contribution in [0.3, 0.4) is 0 Å². The summed E-state index contributed by atoms with van der Waals surface area (Å²) in [5, 5.41) is 0.555. The number of carbonyl (C=O) groups is 1. The normalized spacial score (nSPS) is 10.5. The van der Waals surface area contributed by atoms with E-state index in [0.717, 1.165) is 16.7 Å². The molecule has 1 nitrogen and oxygen atoms in total. The van der Waals surface area contributed by atoms with Gasteiger partial charge < -0.3 is 0 Å². The van der Waals surface area contributed by atoms with Crippen molar-refractivity contribution in [2.24, 2.45) is 0 Å². The van der Waals surface area contributed by atoms with Gasteiger partial charge >= 0.3 is 0 Å². The molecule has 0 amide bonds. The maximum Gasteiger partial charge on any atom is 0.167 e. The molecule has 0 unspecified atom stereocenters. The van der Waals surface area contributed by atoms with Crippen LogP contribution in [0.15, 0.2) is 36.4 Å². The Kier molecular flexibility index (Phi) is 4.01. The van der Waals surface area contributed by atoms with Crippen molar-refractivity contribution in [2.45, 2.75) is 20.3 Å². The number of carbonyl (C=O) groups excluding carboxylic acids is 1. The minimum atomic E-state index is -0.285. The molecule has 0 aliphatic heterocycles. The number of benzene rings is 2. The third kappa shape index (κ3) is 3.42. The summed E-state index contributed by atoms with van der Waals surface area (Å²) in [7, 11) is 0. The Morgan fingerprint density at radius 2 is 1.89 bits per heavy atom. The van der Waals surface area contributed by atoms with Crippen molar-refractivity contribution in [1.82, 2.24) is 0 Å². The largest absolute Gasteiger partial charge is 0.294 e. The average molecular weight is 277 g/mol. The van der Waals surface area contributed by atoms with Crippen LogP contribution >= 0.6 is 11.6 Å². The summed E-state index contributed by atoms with van der Waals surface area (Å²) in [5.74, 6) is -0.299. The summed E-state index contributed by atoms with van der Waals surface area (Å²) >= 11 is 5.95. The number of Topliss-reactive ketones (excluding diaryl/α,β-unsaturated/α-hetero) is 1. The van der Waals surface area contributed by atoms with Gasteiger partial charge in [0.15, 0.2) is 5.78 Å². The first-order valence-electron chi connectivity index (χ1n) is 6.01. The number of hydrogen-bond donors (Lipinski definition) is 0. The summed E-state index contributed by atoms with van der Waals surface area (Å²) < 4.78 is 13.0. The van der Waals surface area contributed by atoms with Crippen LogP contribution in [0.25, 0.3) is 0 Å². The number of aryl methyl sites for hydroxylation is 2. The highest BCUT2D eigenvalue weighted by atomic mass is 35.5. The Balaban J connectivity index is 2.25. The molecule has 0 radical (unpaired) electrons. The molecule has 0 bridgehead atoms. The molecule has 0 aromatic heterocycles. The Morgan fingerprint density at radius 3 is 2.53 bits per heavy atom. The van der Waals surface area contributed by atoms with Crippen LogP contribution in [-0.4, -0.2) is 5.78 Å². The fourth-order valence-electron chi connectivity index (χ4n) is 2.03. The fraction of sp³-hybridized carbons (Fsp3) is 0.188. The maximum atomic E-state index is 13.0. The van der Waals surface area contributed by atoms with E-state index in [4.69, 9.17) is 11.6 Å². The number of hydrogen-bond acceptors (Lipinski definition) is 1. The zero-order valence-electron chi connectivity index (χ0n) is 10.8. The molecule has 0 atom stereocenters. The van der Waals surface area contributed by atoms with Gasteiger partial charge in [-0.25, -0.2) is 4.39 Å². The van der Waals surface area contributed by atoms with E-state index in [1.54, 1.807) is 19.1 Å². The molecule has 0 aliphatic rings. The monoisotopic (exact) mass is 276 g/mol. The second-order valence-corrected chi connectivity index (χ2v) is 5.12. The SMILES string of the molecule is Cc1cc(Cl)cc(C(=O)Cc2ccc(F)cc2C)c1. The van der Waals surface area contributed by atoms with Gasteiger partial charge in [-0.05, 0) is 60.9 Å². The van der Waals surface area contributed by atoms with Crippen molar-refractivity contribution in [2.75, 3.05) is 0 Å². The molecule has 2 aromatic rings. The van der Waals surface area contributed by atoms with E-state index in [1.165, 1.54) is 12.1 Å². The van der Waals surface area contributed by atoms with Gasteiger partial charge in [-0.3, -0.25) is 4.79 Å². The zero-order valence-corrected chi connectivity index (χ0v) is 11.6. The molecule has 19 heavy (non-hydrogen) atoms. The van der Waals surface area contributed by atoms with Crippen LogP contribution in [-0.2, 0) is 6.42 Å². The summed E-state index contributed by atoms with van der Waals surface area (Å²) in [6.45, 7) is 3.70. The summed E-state index contributed by atoms with van der Waals surface area (Å²) in [5.41, 5.74) is 3.16. The lowest BCUT2D eigenvalue weighted by molar-refractivity contribution is 0.0992. The van der Waals surface area contributed by atoms with Gasteiger partial charge in [-0.1, -0.05) is 17.7 Å². The smallest absolute Gasteiger partial charge is 0.167 e. The molecule has 2 aromatic carbocycles. The minimum absolute atomic E-state index is 0.0136. The van der Waals surface area contributed by atoms with Crippen molar-refractivity contribution >= 4 is 17.4 Å². The standard InChI is InChI=1S/C16H14ClFO/c1-10-5-13(8-14(17)6-10)16(19)9-12-3-4-15(18)7-11(12)2/h3-8H,9H2,1-2H3. The van der Waals surface area contributed by atoms with Gasteiger partial charge in [0.25, 0.3) is 0 Å². The van der Waals surface area contributed by atoms with Crippen LogP contribution in [0.1, 0.15) is 27.0 Å². The molecular weight excluding hydrogens is 263 g/mol. The highest BCUT2D eigenvalue weighted by molar-refractivity contribution is 6.31. The van der Waals surface area contributed by atoms with Crippen LogP contribution in [0.5, 0.6) is 0 Å². The van der Waals surface area contributed by atoms with Gasteiger partial charge in [0.2, 0.25) is 0 Å². The van der Waals surface area contributed by atoms with Crippen LogP contribution in [0.2, 0.25) is 5.02 Å². The average Bonchev–Trinajstić information content (AvgIpc) is 2.31. The lowest BCUT2D eigenvalue weighted by Crippen LogP contribution is -2.05. The lowest BCUT2D eigenvalue weighted by atomic mass is 9.98. The summed E-state index contributed by atoms with van der Waals surface area (Å²) in [6, 6.07) is 9.74. The van der Waals surface area contributed by atoms with Gasteiger partial charge in [-0.2, -0.15) is 0 Å². The summed E-state index contributed by atoms with van der Waals surface area (Å²) in [4.78, 5) is 12.2. The van der Waals surface area contributed by atoms with E-state index in [0.29, 0.717) is 10.6 Å².